The van der Waals surface area contributed by atoms with Crippen LogP contribution in [0.4, 0.5) is 0 Å². The van der Waals surface area contributed by atoms with Crippen molar-refractivity contribution in [1.29, 1.82) is 0 Å². The molecular formula is C19H23N3O5. The Balaban J connectivity index is 2.04. The predicted molar refractivity (Wildman–Crippen MR) is 98.5 cm³/mol. The number of benzene rings is 1. The van der Waals surface area contributed by atoms with Gasteiger partial charge in [-0.25, -0.2) is 5.01 Å². The van der Waals surface area contributed by atoms with Crippen molar-refractivity contribution in [3.05, 3.63) is 64.1 Å². The Kier molecular flexibility index (Phi) is 5.59. The molecule has 1 aromatic carbocycles. The zero-order valence-electron chi connectivity index (χ0n) is 15.3. The minimum atomic E-state index is -0.794. The van der Waals surface area contributed by atoms with Gasteiger partial charge in [0.1, 0.15) is 12.1 Å². The number of aliphatic hydroxyl groups excluding tert-OH is 1. The first-order valence-electron chi connectivity index (χ1n) is 8.56. The third-order valence-electron chi connectivity index (χ3n) is 4.37. The number of ether oxygens (including phenoxy) is 2. The number of aliphatic hydroxyl groups is 1. The summed E-state index contributed by atoms with van der Waals surface area (Å²) >= 11 is 0. The molecule has 0 saturated carbocycles. The molecule has 1 aromatic heterocycles. The van der Waals surface area contributed by atoms with E-state index in [9.17, 15) is 14.7 Å². The molecule has 0 aliphatic carbocycles. The van der Waals surface area contributed by atoms with Gasteiger partial charge in [0.05, 0.1) is 19.8 Å². The van der Waals surface area contributed by atoms with E-state index in [1.54, 1.807) is 18.7 Å². The van der Waals surface area contributed by atoms with E-state index in [0.29, 0.717) is 0 Å². The van der Waals surface area contributed by atoms with Crippen LogP contribution < -0.4 is 15.6 Å². The van der Waals surface area contributed by atoms with Gasteiger partial charge in [0, 0.05) is 26.4 Å². The Hall–Kier alpha value is -2.68. The second-order valence-electron chi connectivity index (χ2n) is 6.71. The third kappa shape index (κ3) is 3.87. The molecule has 3 rings (SSSR count). The summed E-state index contributed by atoms with van der Waals surface area (Å²) in [6.07, 6.45) is 1.50. The molecular weight excluding hydrogens is 350 g/mol. The van der Waals surface area contributed by atoms with Gasteiger partial charge in [-0.2, -0.15) is 0 Å². The second-order valence-corrected chi connectivity index (χ2v) is 6.71. The number of aromatic nitrogens is 1. The van der Waals surface area contributed by atoms with Crippen LogP contribution in [0.25, 0.3) is 0 Å². The van der Waals surface area contributed by atoms with Crippen molar-refractivity contribution in [3.63, 3.8) is 0 Å². The van der Waals surface area contributed by atoms with Crippen LogP contribution in [0.15, 0.2) is 47.4 Å². The molecule has 2 N–H and O–H groups in total. The van der Waals surface area contributed by atoms with Gasteiger partial charge < -0.3 is 19.1 Å². The number of carbonyl (C=O) groups is 1. The monoisotopic (exact) mass is 373 g/mol. The lowest BCUT2D eigenvalue weighted by Crippen LogP contribution is -2.56. The molecule has 0 spiro atoms. The Morgan fingerprint density at radius 2 is 2.00 bits per heavy atom. The zero-order valence-corrected chi connectivity index (χ0v) is 15.3. The van der Waals surface area contributed by atoms with Crippen LogP contribution in [0, 0.1) is 0 Å². The lowest BCUT2D eigenvalue weighted by atomic mass is 9.97. The van der Waals surface area contributed by atoms with Gasteiger partial charge in [-0.1, -0.05) is 30.3 Å². The molecule has 1 amide bonds. The summed E-state index contributed by atoms with van der Waals surface area (Å²) in [6, 6.07) is 10.7. The number of carbonyl (C=O) groups excluding carboxylic acids is 1. The third-order valence-corrected chi connectivity index (χ3v) is 4.37. The zero-order chi connectivity index (χ0) is 19.4. The number of rotatable bonds is 7. The van der Waals surface area contributed by atoms with E-state index in [-0.39, 0.29) is 37.9 Å². The highest BCUT2D eigenvalue weighted by atomic mass is 16.5. The van der Waals surface area contributed by atoms with E-state index in [4.69, 9.17) is 9.47 Å². The van der Waals surface area contributed by atoms with Gasteiger partial charge >= 0.3 is 0 Å². The van der Waals surface area contributed by atoms with Crippen LogP contribution in [0.1, 0.15) is 16.1 Å². The Labute approximate surface area is 156 Å². The Morgan fingerprint density at radius 1 is 1.30 bits per heavy atom. The standard InChI is InChI=1S/C19H23N3O5/c1-21(2)20-18(25)16-17(27-10-14-6-4-3-5-7-14)15(24)8-9-22(16)19(11-23)12-26-13-19/h3-9,23H,10-13H2,1-2H3,(H,20,25). The number of nitrogens with zero attached hydrogens (tertiary/aromatic N) is 2. The van der Waals surface area contributed by atoms with Gasteiger partial charge in [0.15, 0.2) is 11.4 Å². The summed E-state index contributed by atoms with van der Waals surface area (Å²) in [5, 5.41) is 11.4. The molecule has 144 valence electrons. The van der Waals surface area contributed by atoms with Gasteiger partial charge in [-0.05, 0) is 5.56 Å². The molecule has 27 heavy (non-hydrogen) atoms. The van der Waals surface area contributed by atoms with Gasteiger partial charge in [-0.3, -0.25) is 15.0 Å². The normalized spacial score (nSPS) is 15.3. The summed E-state index contributed by atoms with van der Waals surface area (Å²) in [5.41, 5.74) is 2.37. The fourth-order valence-corrected chi connectivity index (χ4v) is 2.90. The van der Waals surface area contributed by atoms with Crippen LogP contribution in [0.5, 0.6) is 5.75 Å². The molecule has 2 heterocycles. The van der Waals surface area contributed by atoms with E-state index in [1.807, 2.05) is 30.3 Å². The molecule has 0 atom stereocenters. The van der Waals surface area contributed by atoms with Crippen LogP contribution in [-0.2, 0) is 16.9 Å². The number of hydrazine groups is 1. The summed E-state index contributed by atoms with van der Waals surface area (Å²) in [4.78, 5) is 25.3. The summed E-state index contributed by atoms with van der Waals surface area (Å²) < 4.78 is 12.6. The molecule has 1 fully saturated rings. The summed E-state index contributed by atoms with van der Waals surface area (Å²) in [5.74, 6) is -0.555. The van der Waals surface area contributed by atoms with Gasteiger partial charge in [0.2, 0.25) is 5.43 Å². The first kappa shape index (κ1) is 19.1. The maximum Gasteiger partial charge on any atom is 0.286 e. The van der Waals surface area contributed by atoms with Crippen molar-refractivity contribution in [3.8, 4) is 5.75 Å². The maximum atomic E-state index is 12.8. The summed E-state index contributed by atoms with van der Waals surface area (Å²) in [7, 11) is 3.34. The SMILES string of the molecule is CN(C)NC(=O)c1c(OCc2ccccc2)c(=O)ccn1C1(CO)COC1. The van der Waals surface area contributed by atoms with Crippen LogP contribution in [0.2, 0.25) is 0 Å². The van der Waals surface area contributed by atoms with Crippen molar-refractivity contribution in [1.82, 2.24) is 15.0 Å². The number of pyridine rings is 1. The second kappa shape index (κ2) is 7.91. The minimum absolute atomic E-state index is 0.0552. The predicted octanol–water partition coefficient (Wildman–Crippen LogP) is 0.352. The van der Waals surface area contributed by atoms with E-state index in [2.05, 4.69) is 5.43 Å². The van der Waals surface area contributed by atoms with Crippen molar-refractivity contribution in [2.75, 3.05) is 33.9 Å². The van der Waals surface area contributed by atoms with Crippen molar-refractivity contribution >= 4 is 5.91 Å². The fourth-order valence-electron chi connectivity index (χ4n) is 2.90. The first-order chi connectivity index (χ1) is 13.0. The average Bonchev–Trinajstić information content (AvgIpc) is 2.61. The van der Waals surface area contributed by atoms with Crippen LogP contribution >= 0.6 is 0 Å². The Morgan fingerprint density at radius 3 is 2.56 bits per heavy atom. The van der Waals surface area contributed by atoms with Crippen LogP contribution in [-0.4, -0.2) is 54.5 Å². The number of hydrogen-bond acceptors (Lipinski definition) is 6. The lowest BCUT2D eigenvalue weighted by molar-refractivity contribution is -0.125. The van der Waals surface area contributed by atoms with Crippen LogP contribution in [0.3, 0.4) is 0 Å². The molecule has 8 nitrogen and oxygen atoms in total. The number of hydrogen-bond donors (Lipinski definition) is 2. The molecule has 0 bridgehead atoms. The minimum Gasteiger partial charge on any atom is -0.483 e. The van der Waals surface area contributed by atoms with E-state index in [0.717, 1.165) is 5.56 Å². The number of nitrogens with one attached hydrogen (secondary N) is 1. The molecule has 1 saturated heterocycles. The van der Waals surface area contributed by atoms with Crippen molar-refractivity contribution < 1.29 is 19.4 Å². The van der Waals surface area contributed by atoms with E-state index in [1.165, 1.54) is 17.3 Å². The highest BCUT2D eigenvalue weighted by Crippen LogP contribution is 2.30. The van der Waals surface area contributed by atoms with E-state index >= 15 is 0 Å². The molecule has 2 aromatic rings. The maximum absolute atomic E-state index is 12.8. The van der Waals surface area contributed by atoms with E-state index < -0.39 is 16.9 Å². The summed E-state index contributed by atoms with van der Waals surface area (Å²) in [6.45, 7) is 0.403. The molecule has 8 heteroatoms. The lowest BCUT2D eigenvalue weighted by Gasteiger charge is -2.43. The molecule has 0 unspecified atom stereocenters. The first-order valence-corrected chi connectivity index (χ1v) is 8.56. The van der Waals surface area contributed by atoms with Gasteiger partial charge in [0.25, 0.3) is 5.91 Å². The largest absolute Gasteiger partial charge is 0.483 e. The van der Waals surface area contributed by atoms with Crippen molar-refractivity contribution in [2.45, 2.75) is 12.1 Å². The Bertz CT molecular complexity index is 854. The fraction of sp³-hybridized carbons (Fsp3) is 0.368. The molecule has 1 aliphatic rings. The van der Waals surface area contributed by atoms with Crippen molar-refractivity contribution in [2.24, 2.45) is 0 Å². The molecule has 0 radical (unpaired) electrons. The van der Waals surface area contributed by atoms with Gasteiger partial charge in [-0.15, -0.1) is 0 Å². The quantitative estimate of drug-likeness (QED) is 0.681. The molecule has 1 aliphatic heterocycles. The highest BCUT2D eigenvalue weighted by molar-refractivity contribution is 5.95. The topological polar surface area (TPSA) is 93.0 Å². The average molecular weight is 373 g/mol. The smallest absolute Gasteiger partial charge is 0.286 e. The highest BCUT2D eigenvalue weighted by Gasteiger charge is 2.42. The number of amides is 1.